The molecule has 1 atom stereocenters. The molecule has 1 rings (SSSR count). The van der Waals surface area contributed by atoms with Gasteiger partial charge in [0.05, 0.1) is 0 Å². The van der Waals surface area contributed by atoms with Crippen molar-refractivity contribution in [3.05, 3.63) is 29.8 Å². The third-order valence-corrected chi connectivity index (χ3v) is 2.58. The fourth-order valence-electron chi connectivity index (χ4n) is 1.56. The highest BCUT2D eigenvalue weighted by Crippen LogP contribution is 2.15. The molecule has 1 amide bonds. The Bertz CT molecular complexity index is 396. The van der Waals surface area contributed by atoms with Gasteiger partial charge in [0.2, 0.25) is 5.91 Å². The Hall–Kier alpha value is -1.59. The van der Waals surface area contributed by atoms with Crippen LogP contribution in [0, 0.1) is 6.92 Å². The lowest BCUT2D eigenvalue weighted by Gasteiger charge is -2.14. The summed E-state index contributed by atoms with van der Waals surface area (Å²) >= 11 is 0. The van der Waals surface area contributed by atoms with Gasteiger partial charge < -0.3 is 20.5 Å². The number of hydrogen-bond donors (Lipinski definition) is 3. The lowest BCUT2D eigenvalue weighted by Crippen LogP contribution is -2.36. The smallest absolute Gasteiger partial charge is 0.216 e. The van der Waals surface area contributed by atoms with Crippen molar-refractivity contribution in [3.8, 4) is 5.75 Å². The Labute approximate surface area is 114 Å². The van der Waals surface area contributed by atoms with Crippen LogP contribution in [0.4, 0.5) is 0 Å². The van der Waals surface area contributed by atoms with Crippen LogP contribution < -0.4 is 15.4 Å². The zero-order valence-corrected chi connectivity index (χ0v) is 11.5. The minimum atomic E-state index is -0.572. The first-order valence-electron chi connectivity index (χ1n) is 6.41. The first-order valence-corrected chi connectivity index (χ1v) is 6.41. The van der Waals surface area contributed by atoms with E-state index in [1.807, 2.05) is 31.2 Å². The molecule has 1 aromatic rings. The van der Waals surface area contributed by atoms with Crippen LogP contribution in [-0.2, 0) is 4.79 Å². The lowest BCUT2D eigenvalue weighted by molar-refractivity contribution is -0.118. The van der Waals surface area contributed by atoms with Crippen molar-refractivity contribution in [3.63, 3.8) is 0 Å². The van der Waals surface area contributed by atoms with E-state index in [2.05, 4.69) is 10.6 Å². The van der Waals surface area contributed by atoms with E-state index >= 15 is 0 Å². The molecule has 0 fully saturated rings. The summed E-state index contributed by atoms with van der Waals surface area (Å²) in [6, 6.07) is 7.70. The highest BCUT2D eigenvalue weighted by Gasteiger charge is 2.05. The Morgan fingerprint density at radius 3 is 2.79 bits per heavy atom. The van der Waals surface area contributed by atoms with Crippen molar-refractivity contribution in [2.45, 2.75) is 20.0 Å². The van der Waals surface area contributed by atoms with E-state index in [-0.39, 0.29) is 12.5 Å². The lowest BCUT2D eigenvalue weighted by atomic mass is 10.2. The molecule has 1 aromatic carbocycles. The molecule has 1 unspecified atom stereocenters. The van der Waals surface area contributed by atoms with Crippen molar-refractivity contribution in [1.29, 1.82) is 0 Å². The highest BCUT2D eigenvalue weighted by molar-refractivity contribution is 5.72. The third kappa shape index (κ3) is 6.79. The summed E-state index contributed by atoms with van der Waals surface area (Å²) in [5, 5.41) is 15.5. The van der Waals surface area contributed by atoms with Gasteiger partial charge in [0.15, 0.2) is 0 Å². The molecule has 0 spiro atoms. The molecule has 0 aliphatic rings. The maximum atomic E-state index is 10.6. The Morgan fingerprint density at radius 2 is 2.11 bits per heavy atom. The zero-order chi connectivity index (χ0) is 14.1. The molecule has 0 radical (unpaired) electrons. The van der Waals surface area contributed by atoms with Gasteiger partial charge >= 0.3 is 0 Å². The zero-order valence-electron chi connectivity index (χ0n) is 11.5. The molecule has 0 saturated heterocycles. The second kappa shape index (κ2) is 8.50. The second-order valence-electron chi connectivity index (χ2n) is 4.42. The quantitative estimate of drug-likeness (QED) is 0.598. The molecular formula is C14H22N2O3. The average molecular weight is 266 g/mol. The number of carbonyl (C=O) groups excluding carboxylic acids is 1. The second-order valence-corrected chi connectivity index (χ2v) is 4.42. The van der Waals surface area contributed by atoms with Gasteiger partial charge in [-0.15, -0.1) is 0 Å². The minimum absolute atomic E-state index is 0.0507. The van der Waals surface area contributed by atoms with Crippen molar-refractivity contribution in [1.82, 2.24) is 10.6 Å². The highest BCUT2D eigenvalue weighted by atomic mass is 16.5. The Balaban J connectivity index is 2.13. The van der Waals surface area contributed by atoms with E-state index in [4.69, 9.17) is 4.74 Å². The Morgan fingerprint density at radius 1 is 1.37 bits per heavy atom. The number of carbonyl (C=O) groups is 1. The predicted molar refractivity (Wildman–Crippen MR) is 74.2 cm³/mol. The Kier molecular flexibility index (Phi) is 6.92. The molecule has 19 heavy (non-hydrogen) atoms. The molecule has 5 heteroatoms. The van der Waals surface area contributed by atoms with Crippen LogP contribution in [0.1, 0.15) is 12.5 Å². The normalized spacial score (nSPS) is 11.9. The van der Waals surface area contributed by atoms with Gasteiger partial charge in [-0.3, -0.25) is 4.79 Å². The van der Waals surface area contributed by atoms with Crippen LogP contribution in [0.3, 0.4) is 0 Å². The summed E-state index contributed by atoms with van der Waals surface area (Å²) < 4.78 is 5.53. The topological polar surface area (TPSA) is 70.6 Å². The van der Waals surface area contributed by atoms with E-state index in [9.17, 15) is 9.90 Å². The van der Waals surface area contributed by atoms with Gasteiger partial charge in [0, 0.05) is 26.6 Å². The van der Waals surface area contributed by atoms with Crippen LogP contribution in [0.5, 0.6) is 5.75 Å². The summed E-state index contributed by atoms with van der Waals surface area (Å²) in [5.41, 5.74) is 1.05. The number of aryl methyl sites for hydroxylation is 1. The standard InChI is InChI=1S/C14H22N2O3/c1-11-5-3-4-6-14(11)19-10-13(18)9-15-7-8-16-12(2)17/h3-6,13,15,18H,7-10H2,1-2H3,(H,16,17). The van der Waals surface area contributed by atoms with E-state index in [0.717, 1.165) is 11.3 Å². The van der Waals surface area contributed by atoms with Gasteiger partial charge in [-0.25, -0.2) is 0 Å². The maximum absolute atomic E-state index is 10.6. The number of nitrogens with one attached hydrogen (secondary N) is 2. The van der Waals surface area contributed by atoms with Crippen molar-refractivity contribution < 1.29 is 14.6 Å². The van der Waals surface area contributed by atoms with Crippen molar-refractivity contribution in [2.24, 2.45) is 0 Å². The number of aliphatic hydroxyl groups excluding tert-OH is 1. The molecule has 0 aromatic heterocycles. The van der Waals surface area contributed by atoms with Crippen molar-refractivity contribution >= 4 is 5.91 Å². The summed E-state index contributed by atoms with van der Waals surface area (Å²) in [5.74, 6) is 0.741. The molecule has 5 nitrogen and oxygen atoms in total. The van der Waals surface area contributed by atoms with Gasteiger partial charge in [0.1, 0.15) is 18.5 Å². The maximum Gasteiger partial charge on any atom is 0.216 e. The number of amides is 1. The largest absolute Gasteiger partial charge is 0.491 e. The van der Waals surface area contributed by atoms with Gasteiger partial charge in [-0.05, 0) is 18.6 Å². The van der Waals surface area contributed by atoms with E-state index < -0.39 is 6.10 Å². The van der Waals surface area contributed by atoms with Crippen LogP contribution in [-0.4, -0.2) is 43.4 Å². The third-order valence-electron chi connectivity index (χ3n) is 2.58. The predicted octanol–water partition coefficient (Wildman–Crippen LogP) is 0.460. The molecule has 0 aliphatic heterocycles. The summed E-state index contributed by atoms with van der Waals surface area (Å²) in [6.07, 6.45) is -0.572. The summed E-state index contributed by atoms with van der Waals surface area (Å²) in [7, 11) is 0. The first kappa shape index (κ1) is 15.5. The SMILES string of the molecule is CC(=O)NCCNCC(O)COc1ccccc1C. The average Bonchev–Trinajstić information content (AvgIpc) is 2.37. The molecule has 0 saturated carbocycles. The van der Waals surface area contributed by atoms with Crippen LogP contribution in [0.2, 0.25) is 0 Å². The van der Waals surface area contributed by atoms with E-state index in [1.165, 1.54) is 6.92 Å². The fourth-order valence-corrected chi connectivity index (χ4v) is 1.56. The number of aliphatic hydroxyl groups is 1. The minimum Gasteiger partial charge on any atom is -0.491 e. The van der Waals surface area contributed by atoms with Crippen molar-refractivity contribution in [2.75, 3.05) is 26.2 Å². The number of hydrogen-bond acceptors (Lipinski definition) is 4. The van der Waals surface area contributed by atoms with Gasteiger partial charge in [0.25, 0.3) is 0 Å². The molecule has 0 bridgehead atoms. The number of para-hydroxylation sites is 1. The van der Waals surface area contributed by atoms with Crippen LogP contribution >= 0.6 is 0 Å². The summed E-state index contributed by atoms with van der Waals surface area (Å²) in [6.45, 7) is 5.31. The summed E-state index contributed by atoms with van der Waals surface area (Å²) in [4.78, 5) is 10.6. The number of benzene rings is 1. The monoisotopic (exact) mass is 266 g/mol. The van der Waals surface area contributed by atoms with E-state index in [0.29, 0.717) is 19.6 Å². The number of ether oxygens (including phenoxy) is 1. The molecule has 106 valence electrons. The number of rotatable bonds is 8. The molecule has 3 N–H and O–H groups in total. The van der Waals surface area contributed by atoms with Gasteiger partial charge in [-0.2, -0.15) is 0 Å². The molecular weight excluding hydrogens is 244 g/mol. The van der Waals surface area contributed by atoms with Crippen LogP contribution in [0.15, 0.2) is 24.3 Å². The fraction of sp³-hybridized carbons (Fsp3) is 0.500. The van der Waals surface area contributed by atoms with Gasteiger partial charge in [-0.1, -0.05) is 18.2 Å². The van der Waals surface area contributed by atoms with Crippen LogP contribution in [0.25, 0.3) is 0 Å². The first-order chi connectivity index (χ1) is 9.09. The molecule has 0 aliphatic carbocycles. The molecule has 0 heterocycles. The van der Waals surface area contributed by atoms with E-state index in [1.54, 1.807) is 0 Å².